The highest BCUT2D eigenvalue weighted by Crippen LogP contribution is 2.19. The predicted molar refractivity (Wildman–Crippen MR) is 79.0 cm³/mol. The van der Waals surface area contributed by atoms with Gasteiger partial charge in [-0.2, -0.15) is 0 Å². The van der Waals surface area contributed by atoms with E-state index in [-0.39, 0.29) is 5.91 Å². The van der Waals surface area contributed by atoms with Crippen LogP contribution in [0.4, 0.5) is 0 Å². The minimum absolute atomic E-state index is 0.141. The number of benzene rings is 1. The summed E-state index contributed by atoms with van der Waals surface area (Å²) in [6.45, 7) is 6.09. The Hall–Kier alpha value is -0.870. The van der Waals surface area contributed by atoms with Crippen molar-refractivity contribution in [2.24, 2.45) is 0 Å². The van der Waals surface area contributed by atoms with E-state index in [0.717, 1.165) is 14.5 Å². The topological polar surface area (TPSA) is 29.1 Å². The van der Waals surface area contributed by atoms with Gasteiger partial charge in [0, 0.05) is 21.6 Å². The lowest BCUT2D eigenvalue weighted by molar-refractivity contribution is -0.116. The number of carbonyl (C=O) groups excluding carboxylic acids is 1. The van der Waals surface area contributed by atoms with Crippen molar-refractivity contribution in [3.63, 3.8) is 0 Å². The third kappa shape index (κ3) is 5.33. The molecule has 0 aliphatic rings. The summed E-state index contributed by atoms with van der Waals surface area (Å²) in [7, 11) is 0. The Morgan fingerprint density at radius 1 is 1.53 bits per heavy atom. The second-order valence-electron chi connectivity index (χ2n) is 3.59. The molecule has 0 fully saturated rings. The van der Waals surface area contributed by atoms with E-state index in [1.807, 2.05) is 25.1 Å². The van der Waals surface area contributed by atoms with Crippen molar-refractivity contribution < 1.29 is 4.79 Å². The summed E-state index contributed by atoms with van der Waals surface area (Å²) in [5, 5.41) is 2.70. The van der Waals surface area contributed by atoms with E-state index in [9.17, 15) is 4.79 Å². The van der Waals surface area contributed by atoms with Gasteiger partial charge in [0.05, 0.1) is 0 Å². The van der Waals surface area contributed by atoms with Gasteiger partial charge in [-0.05, 0) is 30.2 Å². The van der Waals surface area contributed by atoms with Crippen LogP contribution < -0.4 is 5.32 Å². The quantitative estimate of drug-likeness (QED) is 0.815. The lowest BCUT2D eigenvalue weighted by Gasteiger charge is -2.01. The van der Waals surface area contributed by atoms with Crippen molar-refractivity contribution in [2.75, 3.05) is 6.54 Å². The normalized spacial score (nSPS) is 10.5. The van der Waals surface area contributed by atoms with Crippen molar-refractivity contribution in [1.82, 2.24) is 5.32 Å². The Bertz CT molecular complexity index is 466. The molecule has 0 aliphatic carbocycles. The first-order valence-electron chi connectivity index (χ1n) is 5.04. The van der Waals surface area contributed by atoms with Gasteiger partial charge in [0.2, 0.25) is 5.91 Å². The molecule has 0 saturated heterocycles. The van der Waals surface area contributed by atoms with E-state index in [4.69, 9.17) is 0 Å². The third-order valence-electron chi connectivity index (χ3n) is 2.02. The molecular weight excluding hydrogens is 346 g/mol. The highest BCUT2D eigenvalue weighted by Gasteiger charge is 1.98. The zero-order valence-electron chi connectivity index (χ0n) is 9.47. The van der Waals surface area contributed by atoms with E-state index in [2.05, 4.69) is 43.8 Å². The Kier molecular flexibility index (Phi) is 5.65. The van der Waals surface area contributed by atoms with Crippen LogP contribution in [0.1, 0.15) is 11.1 Å². The number of aryl methyl sites for hydroxylation is 1. The van der Waals surface area contributed by atoms with E-state index in [1.54, 1.807) is 6.08 Å². The summed E-state index contributed by atoms with van der Waals surface area (Å²) >= 11 is 6.63. The number of rotatable bonds is 4. The summed E-state index contributed by atoms with van der Waals surface area (Å²) in [6, 6.07) is 5.98. The molecule has 0 aromatic heterocycles. The minimum atomic E-state index is -0.141. The predicted octanol–water partition coefficient (Wildman–Crippen LogP) is 3.80. The molecule has 0 bridgehead atoms. The van der Waals surface area contributed by atoms with E-state index < -0.39 is 0 Å². The Balaban J connectivity index is 2.64. The summed E-state index contributed by atoms with van der Waals surface area (Å²) in [5.41, 5.74) is 2.15. The largest absolute Gasteiger partial charge is 0.348 e. The SMILES string of the molecule is C=C(Br)CNC(=O)/C=C/c1ccc(C)cc1Br. The molecular formula is C13H13Br2NO. The molecule has 1 rings (SSSR count). The van der Waals surface area contributed by atoms with Crippen LogP contribution >= 0.6 is 31.9 Å². The molecule has 1 amide bonds. The van der Waals surface area contributed by atoms with Crippen LogP contribution in [0.3, 0.4) is 0 Å². The number of amides is 1. The van der Waals surface area contributed by atoms with Gasteiger partial charge in [-0.3, -0.25) is 4.79 Å². The van der Waals surface area contributed by atoms with Crippen LogP contribution in [0, 0.1) is 6.92 Å². The highest BCUT2D eigenvalue weighted by molar-refractivity contribution is 9.11. The van der Waals surface area contributed by atoms with Crippen molar-refractivity contribution >= 4 is 43.8 Å². The second-order valence-corrected chi connectivity index (χ2v) is 5.57. The van der Waals surface area contributed by atoms with E-state index >= 15 is 0 Å². The van der Waals surface area contributed by atoms with Gasteiger partial charge in [0.1, 0.15) is 0 Å². The summed E-state index contributed by atoms with van der Waals surface area (Å²) in [6.07, 6.45) is 3.28. The molecule has 1 aromatic carbocycles. The first-order valence-corrected chi connectivity index (χ1v) is 6.63. The van der Waals surface area contributed by atoms with Crippen LogP contribution in [0.5, 0.6) is 0 Å². The molecule has 17 heavy (non-hydrogen) atoms. The monoisotopic (exact) mass is 357 g/mol. The lowest BCUT2D eigenvalue weighted by Crippen LogP contribution is -2.21. The number of carbonyl (C=O) groups is 1. The van der Waals surface area contributed by atoms with Crippen LogP contribution in [-0.4, -0.2) is 12.5 Å². The van der Waals surface area contributed by atoms with Gasteiger partial charge in [-0.1, -0.05) is 50.6 Å². The smallest absolute Gasteiger partial charge is 0.244 e. The Labute approximate surface area is 118 Å². The van der Waals surface area contributed by atoms with Crippen molar-refractivity contribution in [2.45, 2.75) is 6.92 Å². The van der Waals surface area contributed by atoms with Gasteiger partial charge in [0.15, 0.2) is 0 Å². The molecule has 0 unspecified atom stereocenters. The molecule has 0 atom stereocenters. The zero-order valence-corrected chi connectivity index (χ0v) is 12.6. The molecule has 0 saturated carbocycles. The van der Waals surface area contributed by atoms with Gasteiger partial charge >= 0.3 is 0 Å². The van der Waals surface area contributed by atoms with Crippen molar-refractivity contribution in [3.8, 4) is 0 Å². The van der Waals surface area contributed by atoms with Crippen LogP contribution in [0.25, 0.3) is 6.08 Å². The molecule has 1 aromatic rings. The zero-order chi connectivity index (χ0) is 12.8. The number of nitrogens with one attached hydrogen (secondary N) is 1. The Morgan fingerprint density at radius 3 is 2.82 bits per heavy atom. The molecule has 2 nitrogen and oxygen atoms in total. The summed E-state index contributed by atoms with van der Waals surface area (Å²) in [4.78, 5) is 11.4. The fraction of sp³-hybridized carbons (Fsp3) is 0.154. The standard InChI is InChI=1S/C13H13Br2NO/c1-9-3-4-11(12(15)7-9)5-6-13(17)16-8-10(2)14/h3-7H,2,8H2,1H3,(H,16,17)/b6-5+. The lowest BCUT2D eigenvalue weighted by atomic mass is 10.1. The molecule has 0 radical (unpaired) electrons. The highest BCUT2D eigenvalue weighted by atomic mass is 79.9. The maximum atomic E-state index is 11.4. The average molecular weight is 359 g/mol. The molecule has 0 aliphatic heterocycles. The van der Waals surface area contributed by atoms with Crippen LogP contribution in [0.2, 0.25) is 0 Å². The molecule has 90 valence electrons. The number of hydrogen-bond donors (Lipinski definition) is 1. The average Bonchev–Trinajstić information content (AvgIpc) is 2.25. The molecule has 1 N–H and O–H groups in total. The van der Waals surface area contributed by atoms with Gasteiger partial charge in [-0.25, -0.2) is 0 Å². The second kappa shape index (κ2) is 6.77. The fourth-order valence-corrected chi connectivity index (χ4v) is 1.94. The molecule has 0 heterocycles. The van der Waals surface area contributed by atoms with E-state index in [0.29, 0.717) is 6.54 Å². The van der Waals surface area contributed by atoms with Crippen LogP contribution in [-0.2, 0) is 4.79 Å². The van der Waals surface area contributed by atoms with E-state index in [1.165, 1.54) is 11.6 Å². The molecule has 4 heteroatoms. The maximum Gasteiger partial charge on any atom is 0.244 e. The minimum Gasteiger partial charge on any atom is -0.348 e. The first-order chi connectivity index (χ1) is 7.99. The first kappa shape index (κ1) is 14.2. The molecule has 0 spiro atoms. The summed E-state index contributed by atoms with van der Waals surface area (Å²) < 4.78 is 1.72. The third-order valence-corrected chi connectivity index (χ3v) is 2.99. The van der Waals surface area contributed by atoms with Crippen molar-refractivity contribution in [1.29, 1.82) is 0 Å². The van der Waals surface area contributed by atoms with Gasteiger partial charge in [-0.15, -0.1) is 0 Å². The van der Waals surface area contributed by atoms with Gasteiger partial charge < -0.3 is 5.32 Å². The van der Waals surface area contributed by atoms with Crippen molar-refractivity contribution in [3.05, 3.63) is 50.9 Å². The van der Waals surface area contributed by atoms with Gasteiger partial charge in [0.25, 0.3) is 0 Å². The number of halogens is 2. The Morgan fingerprint density at radius 2 is 2.24 bits per heavy atom. The fourth-order valence-electron chi connectivity index (χ4n) is 1.17. The van der Waals surface area contributed by atoms with Crippen LogP contribution in [0.15, 0.2) is 39.8 Å². The number of hydrogen-bond acceptors (Lipinski definition) is 1. The maximum absolute atomic E-state index is 11.4. The summed E-state index contributed by atoms with van der Waals surface area (Å²) in [5.74, 6) is -0.141.